The van der Waals surface area contributed by atoms with E-state index in [2.05, 4.69) is 0 Å². The Balaban J connectivity index is 3.39. The van der Waals surface area contributed by atoms with E-state index in [0.717, 1.165) is 0 Å². The first kappa shape index (κ1) is 8.31. The first-order valence-corrected chi connectivity index (χ1v) is 7.50. The molecule has 1 atom stereocenters. The molecule has 8 heavy (non-hydrogen) atoms. The van der Waals surface area contributed by atoms with Crippen molar-refractivity contribution in [2.45, 2.75) is 19.6 Å². The van der Waals surface area contributed by atoms with Gasteiger partial charge in [0.1, 0.15) is 0 Å². The lowest BCUT2D eigenvalue weighted by molar-refractivity contribution is 0.343. The fourth-order valence-corrected chi connectivity index (χ4v) is 3.76. The highest BCUT2D eigenvalue weighted by Crippen LogP contribution is 1.98. The maximum atomic E-state index is 8.98. The molecule has 1 unspecified atom stereocenters. The summed E-state index contributed by atoms with van der Waals surface area (Å²) in [4.78, 5) is 17.7. The summed E-state index contributed by atoms with van der Waals surface area (Å²) < 4.78 is 4.83. The number of rotatable bonds is 2. The van der Waals surface area contributed by atoms with E-state index in [4.69, 9.17) is 13.7 Å². The van der Waals surface area contributed by atoms with Gasteiger partial charge in [0.2, 0.25) is 0 Å². The summed E-state index contributed by atoms with van der Waals surface area (Å²) in [6.45, 7) is 4.88. The molecule has 2 N–H and O–H groups in total. The van der Waals surface area contributed by atoms with Crippen molar-refractivity contribution in [2.24, 2.45) is 0 Å². The number of hydrogen-bond acceptors (Lipinski definition) is 3. The first-order valence-electron chi connectivity index (χ1n) is 2.50. The van der Waals surface area contributed by atoms with Crippen LogP contribution in [0.15, 0.2) is 0 Å². The van der Waals surface area contributed by atoms with E-state index in [-0.39, 0.29) is 0 Å². The van der Waals surface area contributed by atoms with E-state index in [1.807, 2.05) is 0 Å². The van der Waals surface area contributed by atoms with Gasteiger partial charge in [0.15, 0.2) is 0 Å². The highest BCUT2D eigenvalue weighted by atomic mass is 28.4. The molecule has 5 heteroatoms. The molecule has 0 aromatic heterocycles. The standard InChI is InChI=1S/C3H12O3Si2/c1-7(4)6-8(2,3)5/h4-5,7H,1-3H3. The zero-order chi connectivity index (χ0) is 6.78. The summed E-state index contributed by atoms with van der Waals surface area (Å²) in [6, 6.07) is 0. The van der Waals surface area contributed by atoms with Gasteiger partial charge in [-0.2, -0.15) is 0 Å². The molecule has 0 heterocycles. The second-order valence-corrected chi connectivity index (χ2v) is 7.20. The molecule has 0 radical (unpaired) electrons. The van der Waals surface area contributed by atoms with Gasteiger partial charge in [0.05, 0.1) is 0 Å². The zero-order valence-corrected chi connectivity index (χ0v) is 7.53. The summed E-state index contributed by atoms with van der Waals surface area (Å²) in [5.41, 5.74) is 0. The van der Waals surface area contributed by atoms with Gasteiger partial charge in [-0.1, -0.05) is 0 Å². The van der Waals surface area contributed by atoms with Crippen molar-refractivity contribution in [1.82, 2.24) is 0 Å². The molecule has 0 rings (SSSR count). The van der Waals surface area contributed by atoms with Gasteiger partial charge in [0.25, 0.3) is 0 Å². The lowest BCUT2D eigenvalue weighted by atomic mass is 11.9. The third-order valence-electron chi connectivity index (χ3n) is 0.459. The largest absolute Gasteiger partial charge is 0.417 e. The van der Waals surface area contributed by atoms with Gasteiger partial charge in [0, 0.05) is 0 Å². The average molecular weight is 152 g/mol. The molecule has 3 nitrogen and oxygen atoms in total. The Morgan fingerprint density at radius 1 is 1.50 bits per heavy atom. The van der Waals surface area contributed by atoms with Gasteiger partial charge in [-0.05, 0) is 19.6 Å². The van der Waals surface area contributed by atoms with Crippen LogP contribution >= 0.6 is 0 Å². The Morgan fingerprint density at radius 3 is 1.88 bits per heavy atom. The van der Waals surface area contributed by atoms with Crippen LogP contribution < -0.4 is 0 Å². The third-order valence-corrected chi connectivity index (χ3v) is 4.13. The zero-order valence-electron chi connectivity index (χ0n) is 5.38. The molecule has 0 fully saturated rings. The van der Waals surface area contributed by atoms with E-state index in [1.165, 1.54) is 0 Å². The molecule has 0 bridgehead atoms. The summed E-state index contributed by atoms with van der Waals surface area (Å²) in [5.74, 6) is 0. The molecule has 50 valence electrons. The van der Waals surface area contributed by atoms with Gasteiger partial charge in [-0.25, -0.2) is 0 Å². The van der Waals surface area contributed by atoms with E-state index in [1.54, 1.807) is 19.6 Å². The van der Waals surface area contributed by atoms with Crippen molar-refractivity contribution < 1.29 is 13.7 Å². The molecule has 0 spiro atoms. The maximum absolute atomic E-state index is 8.98. The van der Waals surface area contributed by atoms with Gasteiger partial charge in [-0.3, -0.25) is 0 Å². The monoisotopic (exact) mass is 152 g/mol. The highest BCUT2D eigenvalue weighted by Gasteiger charge is 2.20. The van der Waals surface area contributed by atoms with E-state index < -0.39 is 17.8 Å². The van der Waals surface area contributed by atoms with Crippen molar-refractivity contribution >= 4 is 17.8 Å². The average Bonchev–Trinajstić information content (AvgIpc) is 1.21. The topological polar surface area (TPSA) is 49.7 Å². The molecule has 0 saturated heterocycles. The maximum Gasteiger partial charge on any atom is 0.320 e. The Hall–Kier alpha value is 0.314. The quantitative estimate of drug-likeness (QED) is 0.526. The molecular formula is C3H12O3Si2. The summed E-state index contributed by atoms with van der Waals surface area (Å²) in [7, 11) is -4.39. The van der Waals surface area contributed by atoms with Crippen LogP contribution in [-0.2, 0) is 4.12 Å². The van der Waals surface area contributed by atoms with Crippen LogP contribution in [0.5, 0.6) is 0 Å². The number of hydrogen-bond donors (Lipinski definition) is 2. The van der Waals surface area contributed by atoms with Crippen molar-refractivity contribution in [1.29, 1.82) is 0 Å². The van der Waals surface area contributed by atoms with Crippen LogP contribution in [0.4, 0.5) is 0 Å². The minimum absolute atomic E-state index is 1.62. The summed E-state index contributed by atoms with van der Waals surface area (Å²) in [6.07, 6.45) is 0. The predicted molar refractivity (Wildman–Crippen MR) is 36.0 cm³/mol. The van der Waals surface area contributed by atoms with Crippen LogP contribution in [0, 0.1) is 0 Å². The Kier molecular flexibility index (Phi) is 2.85. The minimum atomic E-state index is -2.41. The smallest absolute Gasteiger partial charge is 0.320 e. The minimum Gasteiger partial charge on any atom is -0.417 e. The molecule has 0 aliphatic carbocycles. The Bertz CT molecular complexity index is 67.4. The molecule has 0 saturated carbocycles. The molecule has 0 aliphatic rings. The summed E-state index contributed by atoms with van der Waals surface area (Å²) >= 11 is 0. The SMILES string of the molecule is C[SiH](O)O[Si](C)(C)O. The van der Waals surface area contributed by atoms with E-state index in [9.17, 15) is 0 Å². The van der Waals surface area contributed by atoms with Crippen LogP contribution in [0.2, 0.25) is 19.6 Å². The van der Waals surface area contributed by atoms with E-state index >= 15 is 0 Å². The van der Waals surface area contributed by atoms with E-state index in [0.29, 0.717) is 0 Å². The van der Waals surface area contributed by atoms with Crippen LogP contribution in [0.3, 0.4) is 0 Å². The third kappa shape index (κ3) is 6.31. The molecule has 0 aliphatic heterocycles. The van der Waals surface area contributed by atoms with Gasteiger partial charge < -0.3 is 13.7 Å². The van der Waals surface area contributed by atoms with Crippen molar-refractivity contribution in [2.75, 3.05) is 0 Å². The lowest BCUT2D eigenvalue weighted by Gasteiger charge is -2.15. The summed E-state index contributed by atoms with van der Waals surface area (Å²) in [5, 5.41) is 0. The molecular weight excluding hydrogens is 140 g/mol. The molecule has 0 aromatic carbocycles. The predicted octanol–water partition coefficient (Wildman–Crippen LogP) is -0.460. The fraction of sp³-hybridized carbons (Fsp3) is 1.00. The second kappa shape index (κ2) is 2.74. The molecule has 0 amide bonds. The fourth-order valence-electron chi connectivity index (χ4n) is 0.417. The van der Waals surface area contributed by atoms with Gasteiger partial charge >= 0.3 is 17.8 Å². The van der Waals surface area contributed by atoms with Crippen LogP contribution in [0.25, 0.3) is 0 Å². The van der Waals surface area contributed by atoms with Crippen LogP contribution in [-0.4, -0.2) is 27.4 Å². The van der Waals surface area contributed by atoms with Crippen molar-refractivity contribution in [3.63, 3.8) is 0 Å². The molecule has 0 aromatic rings. The Labute approximate surface area is 52.0 Å². The Morgan fingerprint density at radius 2 is 1.88 bits per heavy atom. The van der Waals surface area contributed by atoms with Crippen LogP contribution in [0.1, 0.15) is 0 Å². The lowest BCUT2D eigenvalue weighted by Crippen LogP contribution is -2.36. The van der Waals surface area contributed by atoms with Crippen molar-refractivity contribution in [3.8, 4) is 0 Å². The second-order valence-electron chi connectivity index (χ2n) is 2.16. The van der Waals surface area contributed by atoms with Crippen molar-refractivity contribution in [3.05, 3.63) is 0 Å². The first-order chi connectivity index (χ1) is 3.42. The normalized spacial score (nSPS) is 16.1. The van der Waals surface area contributed by atoms with Gasteiger partial charge in [-0.15, -0.1) is 0 Å². The highest BCUT2D eigenvalue weighted by molar-refractivity contribution is 6.70.